The molecular weight excluding hydrogens is 264 g/mol. The van der Waals surface area contributed by atoms with E-state index in [4.69, 9.17) is 0 Å². The normalized spacial score (nSPS) is 12.7. The standard InChI is InChI=1S/C17H16N2O2/c20-16-11-14-10-13(6-7-15(14)19-16)17(21)18-9-8-12-4-2-1-3-5-12/h1-7,10H,8-9,11H2,(H,18,21)(H,19,20). The summed E-state index contributed by atoms with van der Waals surface area (Å²) in [6, 6.07) is 15.3. The summed E-state index contributed by atoms with van der Waals surface area (Å²) in [6.07, 6.45) is 1.15. The topological polar surface area (TPSA) is 58.2 Å². The fraction of sp³-hybridized carbons (Fsp3) is 0.176. The van der Waals surface area contributed by atoms with E-state index in [-0.39, 0.29) is 11.8 Å². The van der Waals surface area contributed by atoms with Gasteiger partial charge in [-0.3, -0.25) is 9.59 Å². The highest BCUT2D eigenvalue weighted by Gasteiger charge is 2.18. The van der Waals surface area contributed by atoms with E-state index in [1.807, 2.05) is 30.3 Å². The molecule has 4 heteroatoms. The molecule has 1 aliphatic heterocycles. The van der Waals surface area contributed by atoms with E-state index < -0.39 is 0 Å². The van der Waals surface area contributed by atoms with E-state index in [0.29, 0.717) is 18.5 Å². The second-order valence-corrected chi connectivity index (χ2v) is 5.09. The molecule has 2 amide bonds. The smallest absolute Gasteiger partial charge is 0.251 e. The Kier molecular flexibility index (Phi) is 3.69. The predicted molar refractivity (Wildman–Crippen MR) is 81.3 cm³/mol. The number of rotatable bonds is 4. The number of benzene rings is 2. The highest BCUT2D eigenvalue weighted by atomic mass is 16.2. The van der Waals surface area contributed by atoms with Crippen LogP contribution in [0.25, 0.3) is 0 Å². The van der Waals surface area contributed by atoms with Gasteiger partial charge in [0.25, 0.3) is 5.91 Å². The van der Waals surface area contributed by atoms with Crippen molar-refractivity contribution in [3.8, 4) is 0 Å². The van der Waals surface area contributed by atoms with E-state index in [1.54, 1.807) is 18.2 Å². The molecule has 0 atom stereocenters. The van der Waals surface area contributed by atoms with Gasteiger partial charge in [0, 0.05) is 17.8 Å². The molecule has 0 spiro atoms. The summed E-state index contributed by atoms with van der Waals surface area (Å²) in [5, 5.41) is 5.66. The van der Waals surface area contributed by atoms with Gasteiger partial charge >= 0.3 is 0 Å². The van der Waals surface area contributed by atoms with Gasteiger partial charge in [0.05, 0.1) is 6.42 Å². The van der Waals surface area contributed by atoms with Crippen LogP contribution >= 0.6 is 0 Å². The molecule has 0 fully saturated rings. The summed E-state index contributed by atoms with van der Waals surface area (Å²) in [4.78, 5) is 23.4. The Labute approximate surface area is 123 Å². The molecule has 0 unspecified atom stereocenters. The molecule has 2 aromatic carbocycles. The summed E-state index contributed by atoms with van der Waals surface area (Å²) in [5.74, 6) is -0.125. The molecule has 2 N–H and O–H groups in total. The molecular formula is C17H16N2O2. The molecule has 0 radical (unpaired) electrons. The van der Waals surface area contributed by atoms with Crippen molar-refractivity contribution in [2.24, 2.45) is 0 Å². The van der Waals surface area contributed by atoms with Crippen LogP contribution in [-0.2, 0) is 17.6 Å². The average Bonchev–Trinajstić information content (AvgIpc) is 2.87. The Morgan fingerprint density at radius 1 is 1.14 bits per heavy atom. The third kappa shape index (κ3) is 3.11. The van der Waals surface area contributed by atoms with Crippen LogP contribution in [0.2, 0.25) is 0 Å². The first kappa shape index (κ1) is 13.4. The molecule has 1 aliphatic rings. The summed E-state index contributed by atoms with van der Waals surface area (Å²) in [6.45, 7) is 0.594. The largest absolute Gasteiger partial charge is 0.352 e. The molecule has 3 rings (SSSR count). The number of carbonyl (C=O) groups is 2. The maximum atomic E-state index is 12.1. The van der Waals surface area contributed by atoms with Gasteiger partial charge in [0.1, 0.15) is 0 Å². The highest BCUT2D eigenvalue weighted by molar-refractivity contribution is 6.01. The summed E-state index contributed by atoms with van der Waals surface area (Å²) >= 11 is 0. The minimum absolute atomic E-state index is 0.0216. The fourth-order valence-corrected chi connectivity index (χ4v) is 2.44. The molecule has 4 nitrogen and oxygen atoms in total. The van der Waals surface area contributed by atoms with Gasteiger partial charge in [-0.05, 0) is 35.7 Å². The molecule has 106 valence electrons. The molecule has 0 saturated carbocycles. The molecule has 2 aromatic rings. The van der Waals surface area contributed by atoms with Crippen LogP contribution in [0.3, 0.4) is 0 Å². The third-order valence-corrected chi connectivity index (χ3v) is 3.53. The third-order valence-electron chi connectivity index (χ3n) is 3.53. The van der Waals surface area contributed by atoms with E-state index in [1.165, 1.54) is 5.56 Å². The van der Waals surface area contributed by atoms with Gasteiger partial charge in [0.2, 0.25) is 5.91 Å². The van der Waals surface area contributed by atoms with Crippen molar-refractivity contribution in [1.82, 2.24) is 5.32 Å². The van der Waals surface area contributed by atoms with Gasteiger partial charge in [-0.2, -0.15) is 0 Å². The Balaban J connectivity index is 1.59. The first-order valence-corrected chi connectivity index (χ1v) is 6.97. The van der Waals surface area contributed by atoms with Crippen LogP contribution in [0, 0.1) is 0 Å². The van der Waals surface area contributed by atoms with E-state index >= 15 is 0 Å². The summed E-state index contributed by atoms with van der Waals surface area (Å²) < 4.78 is 0. The highest BCUT2D eigenvalue weighted by Crippen LogP contribution is 2.23. The van der Waals surface area contributed by atoms with Crippen LogP contribution in [0.1, 0.15) is 21.5 Å². The van der Waals surface area contributed by atoms with Gasteiger partial charge in [0.15, 0.2) is 0 Å². The van der Waals surface area contributed by atoms with Gasteiger partial charge < -0.3 is 10.6 Å². The van der Waals surface area contributed by atoms with Gasteiger partial charge in [-0.15, -0.1) is 0 Å². The lowest BCUT2D eigenvalue weighted by molar-refractivity contribution is -0.115. The number of nitrogens with one attached hydrogen (secondary N) is 2. The van der Waals surface area contributed by atoms with Gasteiger partial charge in [-0.1, -0.05) is 30.3 Å². The van der Waals surface area contributed by atoms with E-state index in [9.17, 15) is 9.59 Å². The van der Waals surface area contributed by atoms with E-state index in [2.05, 4.69) is 10.6 Å². The average molecular weight is 280 g/mol. The maximum Gasteiger partial charge on any atom is 0.251 e. The van der Waals surface area contributed by atoms with Crippen LogP contribution in [0.4, 0.5) is 5.69 Å². The zero-order chi connectivity index (χ0) is 14.7. The van der Waals surface area contributed by atoms with Crippen LogP contribution in [0.5, 0.6) is 0 Å². The Hall–Kier alpha value is -2.62. The van der Waals surface area contributed by atoms with Crippen molar-refractivity contribution in [2.45, 2.75) is 12.8 Å². The molecule has 21 heavy (non-hydrogen) atoms. The summed E-state index contributed by atoms with van der Waals surface area (Å²) in [5.41, 5.74) is 3.48. The second kappa shape index (κ2) is 5.79. The predicted octanol–water partition coefficient (Wildman–Crippen LogP) is 2.15. The van der Waals surface area contributed by atoms with Crippen molar-refractivity contribution in [1.29, 1.82) is 0 Å². The molecule has 0 aromatic heterocycles. The molecule has 0 bridgehead atoms. The lowest BCUT2D eigenvalue weighted by Crippen LogP contribution is -2.25. The number of carbonyl (C=O) groups excluding carboxylic acids is 2. The minimum Gasteiger partial charge on any atom is -0.352 e. The number of anilines is 1. The lowest BCUT2D eigenvalue weighted by atomic mass is 10.1. The van der Waals surface area contributed by atoms with Crippen molar-refractivity contribution in [3.63, 3.8) is 0 Å². The van der Waals surface area contributed by atoms with Crippen molar-refractivity contribution in [2.75, 3.05) is 11.9 Å². The van der Waals surface area contributed by atoms with Gasteiger partial charge in [-0.25, -0.2) is 0 Å². The maximum absolute atomic E-state index is 12.1. The Morgan fingerprint density at radius 3 is 2.76 bits per heavy atom. The quantitative estimate of drug-likeness (QED) is 0.901. The van der Waals surface area contributed by atoms with E-state index in [0.717, 1.165) is 17.7 Å². The first-order valence-electron chi connectivity index (χ1n) is 6.97. The van der Waals surface area contributed by atoms with Crippen molar-refractivity contribution in [3.05, 3.63) is 65.2 Å². The number of amides is 2. The Bertz CT molecular complexity index is 680. The fourth-order valence-electron chi connectivity index (χ4n) is 2.44. The van der Waals surface area contributed by atoms with Crippen LogP contribution in [0.15, 0.2) is 48.5 Å². The lowest BCUT2D eigenvalue weighted by Gasteiger charge is -2.07. The molecule has 0 saturated heterocycles. The first-order chi connectivity index (χ1) is 10.2. The zero-order valence-electron chi connectivity index (χ0n) is 11.6. The van der Waals surface area contributed by atoms with Crippen LogP contribution in [-0.4, -0.2) is 18.4 Å². The monoisotopic (exact) mass is 280 g/mol. The Morgan fingerprint density at radius 2 is 1.95 bits per heavy atom. The minimum atomic E-state index is -0.104. The number of fused-ring (bicyclic) bond motifs is 1. The second-order valence-electron chi connectivity index (χ2n) is 5.09. The number of hydrogen-bond donors (Lipinski definition) is 2. The zero-order valence-corrected chi connectivity index (χ0v) is 11.6. The molecule has 0 aliphatic carbocycles. The molecule has 1 heterocycles. The summed E-state index contributed by atoms with van der Waals surface area (Å²) in [7, 11) is 0. The SMILES string of the molecule is O=C1Cc2cc(C(=O)NCCc3ccccc3)ccc2N1. The van der Waals surface area contributed by atoms with Crippen LogP contribution < -0.4 is 10.6 Å². The van der Waals surface area contributed by atoms with Crippen molar-refractivity contribution < 1.29 is 9.59 Å². The van der Waals surface area contributed by atoms with Crippen molar-refractivity contribution >= 4 is 17.5 Å². The number of hydrogen-bond acceptors (Lipinski definition) is 2.